The fourth-order valence-corrected chi connectivity index (χ4v) is 5.88. The lowest BCUT2D eigenvalue weighted by molar-refractivity contribution is -0.384. The maximum atomic E-state index is 13.6. The third-order valence-electron chi connectivity index (χ3n) is 8.15. The second kappa shape index (κ2) is 12.2. The van der Waals surface area contributed by atoms with Gasteiger partial charge in [-0.15, -0.1) is 0 Å². The largest absolute Gasteiger partial charge is 0.490 e. The van der Waals surface area contributed by atoms with Crippen molar-refractivity contribution < 1.29 is 42.3 Å². The number of anilines is 2. The quantitative estimate of drug-likeness (QED) is 0.106. The number of carbonyl (C=O) groups excluding carboxylic acids is 2. The van der Waals surface area contributed by atoms with Crippen LogP contribution in [0.4, 0.5) is 30.2 Å². The Morgan fingerprint density at radius 1 is 0.915 bits per heavy atom. The van der Waals surface area contributed by atoms with Gasteiger partial charge < -0.3 is 25.5 Å². The number of non-ortho nitro benzene ring substituents is 1. The normalized spacial score (nSPS) is 16.4. The fourth-order valence-electron chi connectivity index (χ4n) is 5.88. The summed E-state index contributed by atoms with van der Waals surface area (Å²) in [6.07, 6.45) is 0.173. The zero-order valence-electron chi connectivity index (χ0n) is 24.3. The van der Waals surface area contributed by atoms with Crippen molar-refractivity contribution in [1.82, 2.24) is 9.55 Å². The highest BCUT2D eigenvalue weighted by atomic mass is 19.4. The van der Waals surface area contributed by atoms with Crippen LogP contribution in [0.5, 0.6) is 0 Å². The number of nitro benzene ring substituents is 1. The molecule has 4 N–H and O–H groups in total. The van der Waals surface area contributed by atoms with E-state index in [4.69, 9.17) is 14.6 Å². The summed E-state index contributed by atoms with van der Waals surface area (Å²) in [5.74, 6) is -3.14. The number of nitrogens with one attached hydrogen (secondary N) is 3. The number of fused-ring (bicyclic) bond motifs is 6. The van der Waals surface area contributed by atoms with E-state index < -0.39 is 23.1 Å². The van der Waals surface area contributed by atoms with Gasteiger partial charge in [-0.1, -0.05) is 12.1 Å². The van der Waals surface area contributed by atoms with E-state index in [0.717, 1.165) is 49.9 Å². The van der Waals surface area contributed by atoms with E-state index >= 15 is 0 Å². The van der Waals surface area contributed by atoms with Crippen LogP contribution < -0.4 is 10.6 Å². The number of alkyl halides is 3. The van der Waals surface area contributed by atoms with Crippen molar-refractivity contribution in [2.45, 2.75) is 37.5 Å². The van der Waals surface area contributed by atoms with Crippen LogP contribution in [0.3, 0.4) is 0 Å². The fraction of sp³-hybridized carbons (Fsp3) is 0.219. The van der Waals surface area contributed by atoms with E-state index in [2.05, 4.69) is 15.6 Å². The van der Waals surface area contributed by atoms with Gasteiger partial charge >= 0.3 is 18.1 Å². The van der Waals surface area contributed by atoms with Crippen LogP contribution in [0.1, 0.15) is 21.5 Å². The molecule has 12 nitrogen and oxygen atoms in total. The third kappa shape index (κ3) is 6.19. The van der Waals surface area contributed by atoms with Crippen molar-refractivity contribution in [3.8, 4) is 0 Å². The highest BCUT2D eigenvalue weighted by Gasteiger charge is 2.38. The standard InChI is InChI=1S/C30H25N5O5.C2HF3O2/c36-29(26-15-21-19-9-12-31-23(19)5-6-24(21)32-26)34-13-10-20-22-16-27(33-25(22)7-8-28(20)34)30(37)40-14-11-17-1-3-18(4-2-17)35(38)39;3-2(4,5)1(6)7/h1-10,12-13,26-27,31-33H,11,14-16H2;(H,6,7). The van der Waals surface area contributed by atoms with Crippen molar-refractivity contribution in [2.75, 3.05) is 17.2 Å². The minimum Gasteiger partial charge on any atom is -0.475 e. The molecule has 242 valence electrons. The Kier molecular flexibility index (Phi) is 8.05. The highest BCUT2D eigenvalue weighted by Crippen LogP contribution is 2.36. The van der Waals surface area contributed by atoms with Gasteiger partial charge in [-0.05, 0) is 53.1 Å². The molecule has 4 heterocycles. The van der Waals surface area contributed by atoms with Gasteiger partial charge in [-0.3, -0.25) is 19.5 Å². The molecule has 0 saturated carbocycles. The number of aliphatic carboxylic acids is 1. The Balaban J connectivity index is 0.000000499. The van der Waals surface area contributed by atoms with Gasteiger partial charge in [0.05, 0.1) is 17.0 Å². The molecule has 0 saturated heterocycles. The maximum Gasteiger partial charge on any atom is 0.490 e. The number of ether oxygens (including phenoxy) is 1. The number of benzene rings is 3. The lowest BCUT2D eigenvalue weighted by Gasteiger charge is -2.12. The predicted octanol–water partition coefficient (Wildman–Crippen LogP) is 5.46. The number of hydrogen-bond donors (Lipinski definition) is 4. The number of carboxylic acid groups (broad SMARTS) is 1. The van der Waals surface area contributed by atoms with Gasteiger partial charge in [0.25, 0.3) is 11.6 Å². The molecule has 15 heteroatoms. The van der Waals surface area contributed by atoms with Crippen molar-refractivity contribution in [2.24, 2.45) is 0 Å². The first-order chi connectivity index (χ1) is 22.4. The minimum atomic E-state index is -5.08. The summed E-state index contributed by atoms with van der Waals surface area (Å²) in [6, 6.07) is 17.2. The van der Waals surface area contributed by atoms with Crippen molar-refractivity contribution in [3.63, 3.8) is 0 Å². The zero-order chi connectivity index (χ0) is 33.5. The number of rotatable bonds is 6. The van der Waals surface area contributed by atoms with Gasteiger partial charge in [0.1, 0.15) is 12.1 Å². The predicted molar refractivity (Wildman–Crippen MR) is 165 cm³/mol. The zero-order valence-corrected chi connectivity index (χ0v) is 24.3. The van der Waals surface area contributed by atoms with Crippen LogP contribution in [0.25, 0.3) is 21.8 Å². The van der Waals surface area contributed by atoms with Crippen LogP contribution in [-0.2, 0) is 33.6 Å². The Bertz CT molecular complexity index is 2030. The summed E-state index contributed by atoms with van der Waals surface area (Å²) in [5.41, 5.74) is 6.72. The molecular formula is C32H26F3N5O7. The second-order valence-corrected chi connectivity index (χ2v) is 11.0. The molecule has 5 aromatic rings. The molecule has 7 rings (SSSR count). The van der Waals surface area contributed by atoms with Gasteiger partial charge in [-0.25, -0.2) is 9.59 Å². The van der Waals surface area contributed by atoms with Crippen LogP contribution in [-0.4, -0.2) is 62.3 Å². The maximum absolute atomic E-state index is 13.6. The first kappa shape index (κ1) is 31.1. The Morgan fingerprint density at radius 3 is 2.23 bits per heavy atom. The van der Waals surface area contributed by atoms with Crippen molar-refractivity contribution in [3.05, 3.63) is 99.9 Å². The molecule has 0 fully saturated rings. The van der Waals surface area contributed by atoms with E-state index in [1.807, 2.05) is 42.6 Å². The molecule has 0 spiro atoms. The molecule has 0 aliphatic carbocycles. The summed E-state index contributed by atoms with van der Waals surface area (Å²) < 4.78 is 38.9. The first-order valence-electron chi connectivity index (χ1n) is 14.4. The summed E-state index contributed by atoms with van der Waals surface area (Å²) in [6.45, 7) is 0.178. The third-order valence-corrected chi connectivity index (χ3v) is 8.15. The SMILES string of the molecule is O=C(O)C(F)(F)F.O=C(OCCc1ccc([N+](=O)[O-])cc1)C1Cc2c(ccc3c2ccn3C(=O)C2Cc3c(ccc4[nH]ccc34)N2)N1. The van der Waals surface area contributed by atoms with E-state index in [1.54, 1.807) is 22.9 Å². The molecular weight excluding hydrogens is 623 g/mol. The average Bonchev–Trinajstić information content (AvgIpc) is 3.84. The van der Waals surface area contributed by atoms with Crippen LogP contribution in [0.15, 0.2) is 73.1 Å². The number of nitrogens with zero attached hydrogens (tertiary/aromatic N) is 2. The molecule has 0 bridgehead atoms. The second-order valence-electron chi connectivity index (χ2n) is 11.0. The van der Waals surface area contributed by atoms with E-state index in [1.165, 1.54) is 12.1 Å². The topological polar surface area (TPSA) is 169 Å². The molecule has 2 atom stereocenters. The Labute approximate surface area is 263 Å². The smallest absolute Gasteiger partial charge is 0.475 e. The number of H-pyrrole nitrogens is 1. The number of halogens is 3. The van der Waals surface area contributed by atoms with Crippen LogP contribution in [0, 0.1) is 10.1 Å². The van der Waals surface area contributed by atoms with Gasteiger partial charge in [0.15, 0.2) is 0 Å². The van der Waals surface area contributed by atoms with Gasteiger partial charge in [0.2, 0.25) is 0 Å². The van der Waals surface area contributed by atoms with Crippen LogP contribution >= 0.6 is 0 Å². The summed E-state index contributed by atoms with van der Waals surface area (Å²) in [7, 11) is 0. The lowest BCUT2D eigenvalue weighted by Crippen LogP contribution is -2.31. The van der Waals surface area contributed by atoms with E-state index in [-0.39, 0.29) is 30.2 Å². The number of aromatic nitrogens is 2. The number of nitro groups is 1. The summed E-state index contributed by atoms with van der Waals surface area (Å²) in [4.78, 5) is 48.9. The Hall–Kier alpha value is -5.86. The monoisotopic (exact) mass is 649 g/mol. The lowest BCUT2D eigenvalue weighted by atomic mass is 10.0. The number of esters is 1. The van der Waals surface area contributed by atoms with Crippen molar-refractivity contribution >= 4 is 56.7 Å². The molecule has 2 aromatic heterocycles. The number of aromatic amines is 1. The molecule has 2 aliphatic rings. The number of hydrogen-bond acceptors (Lipinski definition) is 8. The number of carbonyl (C=O) groups is 3. The number of carboxylic acids is 1. The van der Waals surface area contributed by atoms with Gasteiger partial charge in [-0.2, -0.15) is 13.2 Å². The highest BCUT2D eigenvalue weighted by molar-refractivity contribution is 6.02. The summed E-state index contributed by atoms with van der Waals surface area (Å²) >= 11 is 0. The molecule has 3 aromatic carbocycles. The van der Waals surface area contributed by atoms with Crippen molar-refractivity contribution in [1.29, 1.82) is 0 Å². The molecule has 2 unspecified atom stereocenters. The molecule has 2 aliphatic heterocycles. The average molecular weight is 650 g/mol. The minimum absolute atomic E-state index is 0.0250. The molecule has 0 amide bonds. The first-order valence-corrected chi connectivity index (χ1v) is 14.4. The molecule has 0 radical (unpaired) electrons. The van der Waals surface area contributed by atoms with E-state index in [9.17, 15) is 32.9 Å². The van der Waals surface area contributed by atoms with Crippen LogP contribution in [0.2, 0.25) is 0 Å². The van der Waals surface area contributed by atoms with E-state index in [0.29, 0.717) is 19.3 Å². The Morgan fingerprint density at radius 2 is 1.55 bits per heavy atom. The van der Waals surface area contributed by atoms with Gasteiger partial charge in [0, 0.05) is 71.5 Å². The summed E-state index contributed by atoms with van der Waals surface area (Å²) in [5, 5.41) is 26.7. The molecule has 47 heavy (non-hydrogen) atoms.